The third-order valence-corrected chi connectivity index (χ3v) is 5.70. The number of aryl methyl sites for hydroxylation is 4. The van der Waals surface area contributed by atoms with Crippen molar-refractivity contribution < 1.29 is 4.79 Å². The second-order valence-corrected chi connectivity index (χ2v) is 7.67. The van der Waals surface area contributed by atoms with Crippen LogP contribution in [0.1, 0.15) is 41.9 Å². The molecule has 2 aromatic heterocycles. The van der Waals surface area contributed by atoms with Gasteiger partial charge in [-0.2, -0.15) is 10.2 Å². The van der Waals surface area contributed by atoms with Gasteiger partial charge in [-0.25, -0.2) is 4.68 Å². The third-order valence-electron chi connectivity index (χ3n) is 5.70. The van der Waals surface area contributed by atoms with Crippen molar-refractivity contribution in [1.29, 1.82) is 0 Å². The molecule has 1 aliphatic carbocycles. The summed E-state index contributed by atoms with van der Waals surface area (Å²) in [5.74, 6) is -0.269. The molecule has 7 heteroatoms. The SMILES string of the molecule is Cc1nn(C)c(C)c1-c1ccc(=O)n([C@H](C)C(=O)Nc2ccc3c(c2)CCC3)n1. The number of nitrogens with zero attached hydrogens (tertiary/aromatic N) is 4. The Labute approximate surface area is 169 Å². The maximum absolute atomic E-state index is 12.8. The van der Waals surface area contributed by atoms with Gasteiger partial charge in [0.25, 0.3) is 5.56 Å². The Balaban J connectivity index is 1.62. The Kier molecular flexibility index (Phi) is 4.82. The highest BCUT2D eigenvalue weighted by molar-refractivity contribution is 5.93. The van der Waals surface area contributed by atoms with E-state index in [0.29, 0.717) is 5.69 Å². The fourth-order valence-electron chi connectivity index (χ4n) is 3.99. The van der Waals surface area contributed by atoms with Gasteiger partial charge in [-0.05, 0) is 69.4 Å². The molecule has 1 amide bonds. The number of anilines is 1. The lowest BCUT2D eigenvalue weighted by Crippen LogP contribution is -2.33. The lowest BCUT2D eigenvalue weighted by atomic mass is 10.1. The van der Waals surface area contributed by atoms with Gasteiger partial charge in [0, 0.05) is 30.1 Å². The van der Waals surface area contributed by atoms with Crippen molar-refractivity contribution in [2.24, 2.45) is 7.05 Å². The highest BCUT2D eigenvalue weighted by Crippen LogP contribution is 2.26. The Hall–Kier alpha value is -3.22. The molecule has 2 heterocycles. The lowest BCUT2D eigenvalue weighted by Gasteiger charge is -2.15. The van der Waals surface area contributed by atoms with Gasteiger partial charge in [0.05, 0.1) is 11.4 Å². The van der Waals surface area contributed by atoms with Crippen molar-refractivity contribution >= 4 is 11.6 Å². The van der Waals surface area contributed by atoms with Crippen LogP contribution in [0.4, 0.5) is 5.69 Å². The van der Waals surface area contributed by atoms with Crippen molar-refractivity contribution in [1.82, 2.24) is 19.6 Å². The molecule has 0 aliphatic heterocycles. The number of hydrogen-bond donors (Lipinski definition) is 1. The van der Waals surface area contributed by atoms with E-state index in [1.807, 2.05) is 33.0 Å². The van der Waals surface area contributed by atoms with Gasteiger partial charge in [-0.15, -0.1) is 0 Å². The first-order valence-corrected chi connectivity index (χ1v) is 9.88. The Morgan fingerprint density at radius 1 is 1.10 bits per heavy atom. The first kappa shape index (κ1) is 19.1. The molecule has 1 atom stereocenters. The second kappa shape index (κ2) is 7.31. The van der Waals surface area contributed by atoms with E-state index in [1.54, 1.807) is 17.7 Å². The smallest absolute Gasteiger partial charge is 0.267 e. The Bertz CT molecular complexity index is 1160. The van der Waals surface area contributed by atoms with Crippen molar-refractivity contribution in [2.75, 3.05) is 5.32 Å². The van der Waals surface area contributed by atoms with Gasteiger partial charge in [0.2, 0.25) is 5.91 Å². The summed E-state index contributed by atoms with van der Waals surface area (Å²) in [7, 11) is 1.87. The van der Waals surface area contributed by atoms with E-state index in [0.717, 1.165) is 41.9 Å². The molecular weight excluding hydrogens is 366 g/mol. The van der Waals surface area contributed by atoms with E-state index in [4.69, 9.17) is 0 Å². The summed E-state index contributed by atoms with van der Waals surface area (Å²) in [6.07, 6.45) is 3.29. The van der Waals surface area contributed by atoms with E-state index in [1.165, 1.54) is 21.9 Å². The van der Waals surface area contributed by atoms with Crippen LogP contribution in [0.2, 0.25) is 0 Å². The van der Waals surface area contributed by atoms with Crippen molar-refractivity contribution in [2.45, 2.75) is 46.1 Å². The standard InChI is InChI=1S/C22H25N5O2/c1-13-21(14(2)26(4)24-13)19-10-11-20(28)27(25-19)15(3)22(29)23-18-9-8-16-6-5-7-17(16)12-18/h8-12,15H,5-7H2,1-4H3,(H,23,29)/t15-/m1/s1. The summed E-state index contributed by atoms with van der Waals surface area (Å²) in [6, 6.07) is 8.41. The number of nitrogens with one attached hydrogen (secondary N) is 1. The number of rotatable bonds is 4. The number of amides is 1. The molecule has 0 unspecified atom stereocenters. The van der Waals surface area contributed by atoms with Gasteiger partial charge in [-0.3, -0.25) is 14.3 Å². The summed E-state index contributed by atoms with van der Waals surface area (Å²) in [5.41, 5.74) is 6.38. The summed E-state index contributed by atoms with van der Waals surface area (Å²) in [6.45, 7) is 5.55. The average molecular weight is 391 g/mol. The van der Waals surface area contributed by atoms with Gasteiger partial charge in [-0.1, -0.05) is 6.07 Å². The maximum atomic E-state index is 12.8. The zero-order chi connectivity index (χ0) is 20.7. The van der Waals surface area contributed by atoms with E-state index in [9.17, 15) is 9.59 Å². The molecule has 0 saturated heterocycles. The number of benzene rings is 1. The Morgan fingerprint density at radius 2 is 1.86 bits per heavy atom. The zero-order valence-corrected chi connectivity index (χ0v) is 17.2. The average Bonchev–Trinajstić information content (AvgIpc) is 3.25. The van der Waals surface area contributed by atoms with Crippen LogP contribution < -0.4 is 10.9 Å². The molecule has 0 saturated carbocycles. The van der Waals surface area contributed by atoms with Crippen LogP contribution in [-0.2, 0) is 24.7 Å². The largest absolute Gasteiger partial charge is 0.324 e. The van der Waals surface area contributed by atoms with Crippen LogP contribution in [0.5, 0.6) is 0 Å². The van der Waals surface area contributed by atoms with Crippen molar-refractivity contribution in [3.63, 3.8) is 0 Å². The van der Waals surface area contributed by atoms with Crippen LogP contribution in [0, 0.1) is 13.8 Å². The molecule has 29 heavy (non-hydrogen) atoms. The van der Waals surface area contributed by atoms with Gasteiger partial charge < -0.3 is 5.32 Å². The number of hydrogen-bond acceptors (Lipinski definition) is 4. The second-order valence-electron chi connectivity index (χ2n) is 7.67. The van der Waals surface area contributed by atoms with Gasteiger partial charge >= 0.3 is 0 Å². The quantitative estimate of drug-likeness (QED) is 0.741. The molecular formula is C22H25N5O2. The van der Waals surface area contributed by atoms with Crippen LogP contribution >= 0.6 is 0 Å². The molecule has 0 spiro atoms. The zero-order valence-electron chi connectivity index (χ0n) is 17.2. The Morgan fingerprint density at radius 3 is 2.59 bits per heavy atom. The van der Waals surface area contributed by atoms with Crippen LogP contribution in [0.25, 0.3) is 11.3 Å². The number of carbonyl (C=O) groups excluding carboxylic acids is 1. The van der Waals surface area contributed by atoms with E-state index in [2.05, 4.69) is 21.6 Å². The number of fused-ring (bicyclic) bond motifs is 1. The minimum absolute atomic E-state index is 0.269. The molecule has 0 radical (unpaired) electrons. The van der Waals surface area contributed by atoms with Crippen molar-refractivity contribution in [3.8, 4) is 11.3 Å². The summed E-state index contributed by atoms with van der Waals surface area (Å²) in [5, 5.41) is 11.8. The van der Waals surface area contributed by atoms with Crippen LogP contribution in [0.3, 0.4) is 0 Å². The minimum atomic E-state index is -0.743. The predicted octanol–water partition coefficient (Wildman–Crippen LogP) is 2.95. The molecule has 4 rings (SSSR count). The first-order valence-electron chi connectivity index (χ1n) is 9.88. The highest BCUT2D eigenvalue weighted by Gasteiger charge is 2.21. The minimum Gasteiger partial charge on any atom is -0.324 e. The summed E-state index contributed by atoms with van der Waals surface area (Å²) in [4.78, 5) is 25.3. The maximum Gasteiger partial charge on any atom is 0.267 e. The van der Waals surface area contributed by atoms with E-state index in [-0.39, 0.29) is 11.5 Å². The monoisotopic (exact) mass is 391 g/mol. The fraction of sp³-hybridized carbons (Fsp3) is 0.364. The summed E-state index contributed by atoms with van der Waals surface area (Å²) >= 11 is 0. The number of aromatic nitrogens is 4. The fourth-order valence-corrected chi connectivity index (χ4v) is 3.99. The normalized spacial score (nSPS) is 13.9. The first-order chi connectivity index (χ1) is 13.8. The molecule has 7 nitrogen and oxygen atoms in total. The van der Waals surface area contributed by atoms with Crippen LogP contribution in [0.15, 0.2) is 35.1 Å². The molecule has 150 valence electrons. The predicted molar refractivity (Wildman–Crippen MR) is 112 cm³/mol. The van der Waals surface area contributed by atoms with Crippen LogP contribution in [-0.4, -0.2) is 25.5 Å². The molecule has 1 aromatic carbocycles. The van der Waals surface area contributed by atoms with Crippen molar-refractivity contribution in [3.05, 3.63) is 63.2 Å². The highest BCUT2D eigenvalue weighted by atomic mass is 16.2. The molecule has 1 aliphatic rings. The van der Waals surface area contributed by atoms with Gasteiger partial charge in [0.1, 0.15) is 6.04 Å². The molecule has 0 bridgehead atoms. The lowest BCUT2D eigenvalue weighted by molar-refractivity contribution is -0.119. The van der Waals surface area contributed by atoms with E-state index >= 15 is 0 Å². The summed E-state index contributed by atoms with van der Waals surface area (Å²) < 4.78 is 3.02. The molecule has 1 N–H and O–H groups in total. The molecule has 0 fully saturated rings. The van der Waals surface area contributed by atoms with E-state index < -0.39 is 6.04 Å². The topological polar surface area (TPSA) is 81.8 Å². The third kappa shape index (κ3) is 3.48. The molecule has 3 aromatic rings. The van der Waals surface area contributed by atoms with Gasteiger partial charge in [0.15, 0.2) is 0 Å². The number of carbonyl (C=O) groups is 1.